The van der Waals surface area contributed by atoms with Gasteiger partial charge >= 0.3 is 0 Å². The molecule has 0 unspecified atom stereocenters. The first-order valence-electron chi connectivity index (χ1n) is 14.9. The van der Waals surface area contributed by atoms with Crippen LogP contribution >= 0.6 is 11.3 Å². The van der Waals surface area contributed by atoms with Crippen molar-refractivity contribution in [1.82, 2.24) is 20.1 Å². The molecule has 0 spiro atoms. The van der Waals surface area contributed by atoms with Gasteiger partial charge in [-0.25, -0.2) is 4.98 Å². The Morgan fingerprint density at radius 3 is 2.60 bits per heavy atom. The van der Waals surface area contributed by atoms with Crippen LogP contribution in [0.15, 0.2) is 54.6 Å². The summed E-state index contributed by atoms with van der Waals surface area (Å²) >= 11 is 1.58. The first kappa shape index (κ1) is 30.8. The summed E-state index contributed by atoms with van der Waals surface area (Å²) in [5, 5.41) is 13.7. The first-order valence-corrected chi connectivity index (χ1v) is 15.7. The predicted octanol–water partition coefficient (Wildman–Crippen LogP) is 5.38. The molecule has 2 aliphatic heterocycles. The van der Waals surface area contributed by atoms with Crippen LogP contribution in [0.3, 0.4) is 0 Å². The quantitative estimate of drug-likeness (QED) is 0.359. The van der Waals surface area contributed by atoms with Crippen molar-refractivity contribution < 1.29 is 19.4 Å². The smallest absolute Gasteiger partial charge is 0.246 e. The van der Waals surface area contributed by atoms with Gasteiger partial charge in [-0.1, -0.05) is 56.8 Å². The number of aliphatic hydroxyl groups is 1. The van der Waals surface area contributed by atoms with E-state index < -0.39 is 23.8 Å². The minimum absolute atomic E-state index is 0.0298. The van der Waals surface area contributed by atoms with Crippen molar-refractivity contribution in [1.29, 1.82) is 0 Å². The molecular formula is C34H42N4O4S. The van der Waals surface area contributed by atoms with Crippen molar-refractivity contribution in [2.75, 3.05) is 6.54 Å². The molecule has 0 saturated carbocycles. The van der Waals surface area contributed by atoms with E-state index >= 15 is 0 Å². The number of rotatable bonds is 8. The van der Waals surface area contributed by atoms with Crippen LogP contribution in [0.25, 0.3) is 16.1 Å². The van der Waals surface area contributed by atoms with Crippen LogP contribution in [0, 0.1) is 12.8 Å². The maximum Gasteiger partial charge on any atom is 0.246 e. The normalized spacial score (nSPS) is 19.1. The highest BCUT2D eigenvalue weighted by molar-refractivity contribution is 7.13. The SMILES string of the molecule is C=C1c2ccccc2CN1[C@H](C(=O)N1C[C@H](O)C[C@H]1C(=O)NCc1ccc(-c2scnc2C)cc1OC(C)(C)C)C(C)C. The number of carbonyl (C=O) groups is 2. The summed E-state index contributed by atoms with van der Waals surface area (Å²) < 4.78 is 6.31. The molecule has 228 valence electrons. The van der Waals surface area contributed by atoms with Gasteiger partial charge in [0, 0.05) is 42.9 Å². The molecule has 43 heavy (non-hydrogen) atoms. The second-order valence-corrected chi connectivity index (χ2v) is 13.7. The Labute approximate surface area is 258 Å². The summed E-state index contributed by atoms with van der Waals surface area (Å²) in [6, 6.07) is 12.8. The van der Waals surface area contributed by atoms with Crippen molar-refractivity contribution in [3.05, 3.63) is 76.9 Å². The zero-order chi connectivity index (χ0) is 31.1. The van der Waals surface area contributed by atoms with Gasteiger partial charge < -0.3 is 25.0 Å². The van der Waals surface area contributed by atoms with Crippen molar-refractivity contribution in [3.8, 4) is 16.2 Å². The molecule has 2 N–H and O–H groups in total. The Hall–Kier alpha value is -3.69. The summed E-state index contributed by atoms with van der Waals surface area (Å²) in [6.45, 7) is 17.2. The van der Waals surface area contributed by atoms with E-state index in [9.17, 15) is 14.7 Å². The van der Waals surface area contributed by atoms with Gasteiger partial charge in [0.25, 0.3) is 0 Å². The highest BCUT2D eigenvalue weighted by Gasteiger charge is 2.44. The molecule has 5 rings (SSSR count). The first-order chi connectivity index (χ1) is 20.3. The number of benzene rings is 2. The number of hydrogen-bond acceptors (Lipinski definition) is 7. The van der Waals surface area contributed by atoms with E-state index in [-0.39, 0.29) is 37.2 Å². The number of thiazole rings is 1. The Morgan fingerprint density at radius 2 is 1.95 bits per heavy atom. The Morgan fingerprint density at radius 1 is 1.21 bits per heavy atom. The van der Waals surface area contributed by atoms with Gasteiger partial charge in [-0.05, 0) is 50.8 Å². The van der Waals surface area contributed by atoms with Crippen LogP contribution in [0.1, 0.15) is 63.4 Å². The fraction of sp³-hybridized carbons (Fsp3) is 0.441. The van der Waals surface area contributed by atoms with E-state index in [0.717, 1.165) is 38.5 Å². The van der Waals surface area contributed by atoms with Crippen LogP contribution in [0.5, 0.6) is 5.75 Å². The van der Waals surface area contributed by atoms with E-state index in [4.69, 9.17) is 4.74 Å². The minimum Gasteiger partial charge on any atom is -0.488 e. The molecule has 0 aliphatic carbocycles. The predicted molar refractivity (Wildman–Crippen MR) is 170 cm³/mol. The number of β-amino-alcohol motifs (C(OH)–C–C–N with tert-alkyl or cyclic N) is 1. The summed E-state index contributed by atoms with van der Waals surface area (Å²) in [7, 11) is 0. The standard InChI is InChI=1S/C34H42N4O4S/c1-20(2)30(37-17-25-10-8-9-11-27(25)22(37)4)33(41)38-18-26(39)15-28(38)32(40)35-16-24-13-12-23(31-21(3)36-19-43-31)14-29(24)42-34(5,6)7/h8-14,19-20,26,28,30,39H,4,15-18H2,1-3,5-7H3,(H,35,40)/t26-,28+,30+/m1/s1. The molecule has 3 heterocycles. The van der Waals surface area contributed by atoms with Crippen LogP contribution in [-0.4, -0.2) is 62.0 Å². The van der Waals surface area contributed by atoms with Gasteiger partial charge in [-0.15, -0.1) is 11.3 Å². The fourth-order valence-electron chi connectivity index (χ4n) is 6.04. The van der Waals surface area contributed by atoms with Gasteiger partial charge in [0.15, 0.2) is 0 Å². The fourth-order valence-corrected chi connectivity index (χ4v) is 6.84. The Kier molecular flexibility index (Phi) is 8.68. The van der Waals surface area contributed by atoms with Crippen LogP contribution in [0.4, 0.5) is 0 Å². The summed E-state index contributed by atoms with van der Waals surface area (Å²) in [5.41, 5.74) is 7.17. The van der Waals surface area contributed by atoms with Crippen LogP contribution in [-0.2, 0) is 22.7 Å². The third-order valence-corrected chi connectivity index (χ3v) is 9.02. The molecule has 0 bridgehead atoms. The van der Waals surface area contributed by atoms with Gasteiger partial charge in [0.1, 0.15) is 23.4 Å². The molecule has 2 amide bonds. The molecule has 1 fully saturated rings. The van der Waals surface area contributed by atoms with E-state index in [1.807, 2.05) is 88.4 Å². The average molecular weight is 603 g/mol. The number of fused-ring (bicyclic) bond motifs is 1. The molecule has 9 heteroatoms. The summed E-state index contributed by atoms with van der Waals surface area (Å²) in [5.74, 6) is 0.198. The topological polar surface area (TPSA) is 95.0 Å². The van der Waals surface area contributed by atoms with E-state index in [2.05, 4.69) is 22.9 Å². The maximum absolute atomic E-state index is 14.1. The minimum atomic E-state index is -0.770. The summed E-state index contributed by atoms with van der Waals surface area (Å²) in [4.78, 5) is 36.8. The number of aryl methyl sites for hydroxylation is 1. The molecule has 8 nitrogen and oxygen atoms in total. The number of aliphatic hydroxyl groups excluding tert-OH is 1. The zero-order valence-corrected chi connectivity index (χ0v) is 26.7. The Bertz CT molecular complexity index is 1520. The van der Waals surface area contributed by atoms with Crippen LogP contribution < -0.4 is 10.1 Å². The average Bonchev–Trinajstić information content (AvgIpc) is 3.64. The molecule has 3 aromatic rings. The maximum atomic E-state index is 14.1. The lowest BCUT2D eigenvalue weighted by Crippen LogP contribution is -2.54. The number of ether oxygens (including phenoxy) is 1. The number of hydrogen-bond donors (Lipinski definition) is 2. The van der Waals surface area contributed by atoms with Crippen molar-refractivity contribution in [3.63, 3.8) is 0 Å². The number of carbonyl (C=O) groups excluding carboxylic acids is 2. The molecule has 1 aromatic heterocycles. The third-order valence-electron chi connectivity index (χ3n) is 8.04. The lowest BCUT2D eigenvalue weighted by molar-refractivity contribution is -0.143. The lowest BCUT2D eigenvalue weighted by atomic mass is 10.00. The highest BCUT2D eigenvalue weighted by atomic mass is 32.1. The number of nitrogens with zero attached hydrogens (tertiary/aromatic N) is 3. The number of likely N-dealkylation sites (tertiary alicyclic amines) is 1. The van der Waals surface area contributed by atoms with E-state index in [1.54, 1.807) is 16.2 Å². The van der Waals surface area contributed by atoms with E-state index in [1.165, 1.54) is 0 Å². The molecule has 2 aromatic carbocycles. The monoisotopic (exact) mass is 602 g/mol. The van der Waals surface area contributed by atoms with Gasteiger partial charge in [-0.3, -0.25) is 9.59 Å². The van der Waals surface area contributed by atoms with E-state index in [0.29, 0.717) is 12.3 Å². The Balaban J connectivity index is 1.34. The number of amides is 2. The largest absolute Gasteiger partial charge is 0.488 e. The number of aromatic nitrogens is 1. The highest BCUT2D eigenvalue weighted by Crippen LogP contribution is 2.37. The van der Waals surface area contributed by atoms with Gasteiger partial charge in [-0.2, -0.15) is 0 Å². The zero-order valence-electron chi connectivity index (χ0n) is 25.9. The molecule has 0 radical (unpaired) electrons. The molecule has 1 saturated heterocycles. The van der Waals surface area contributed by atoms with Gasteiger partial charge in [0.05, 0.1) is 22.2 Å². The summed E-state index contributed by atoms with van der Waals surface area (Å²) in [6.07, 6.45) is -0.577. The van der Waals surface area contributed by atoms with Crippen molar-refractivity contribution in [2.45, 2.75) is 84.8 Å². The molecular weight excluding hydrogens is 560 g/mol. The lowest BCUT2D eigenvalue weighted by Gasteiger charge is -2.36. The van der Waals surface area contributed by atoms with Crippen LogP contribution in [0.2, 0.25) is 0 Å². The van der Waals surface area contributed by atoms with Crippen molar-refractivity contribution >= 4 is 28.8 Å². The second-order valence-electron chi connectivity index (χ2n) is 12.8. The molecule has 3 atom stereocenters. The number of nitrogens with one attached hydrogen (secondary N) is 1. The second kappa shape index (κ2) is 12.1. The third kappa shape index (κ3) is 6.48. The van der Waals surface area contributed by atoms with Gasteiger partial charge in [0.2, 0.25) is 11.8 Å². The molecule has 2 aliphatic rings. The van der Waals surface area contributed by atoms with Crippen molar-refractivity contribution in [2.24, 2.45) is 5.92 Å².